The maximum absolute atomic E-state index is 12.6. The monoisotopic (exact) mass is 268 g/mol. The van der Waals surface area contributed by atoms with Crippen molar-refractivity contribution in [1.82, 2.24) is 9.80 Å². The van der Waals surface area contributed by atoms with Crippen LogP contribution in [-0.4, -0.2) is 52.1 Å². The molecule has 2 aliphatic heterocycles. The van der Waals surface area contributed by atoms with E-state index in [2.05, 4.69) is 13.8 Å². The van der Waals surface area contributed by atoms with E-state index in [0.717, 1.165) is 19.3 Å². The number of rotatable bonds is 2. The van der Waals surface area contributed by atoms with Crippen LogP contribution in [0.2, 0.25) is 0 Å². The predicted octanol–water partition coefficient (Wildman–Crippen LogP) is 2.02. The first kappa shape index (κ1) is 14.2. The topological polar surface area (TPSA) is 60.9 Å². The highest BCUT2D eigenvalue weighted by Crippen LogP contribution is 2.30. The molecule has 2 rings (SSSR count). The molecule has 0 saturated carbocycles. The summed E-state index contributed by atoms with van der Waals surface area (Å²) in [7, 11) is 0. The molecule has 0 spiro atoms. The molecule has 2 amide bonds. The maximum Gasteiger partial charge on any atom is 0.320 e. The number of hydrogen-bond acceptors (Lipinski definition) is 2. The highest BCUT2D eigenvalue weighted by Gasteiger charge is 2.42. The zero-order valence-electron chi connectivity index (χ0n) is 12.0. The van der Waals surface area contributed by atoms with E-state index in [-0.39, 0.29) is 18.0 Å². The van der Waals surface area contributed by atoms with Gasteiger partial charge in [-0.25, -0.2) is 4.79 Å². The van der Waals surface area contributed by atoms with Crippen molar-refractivity contribution in [3.8, 4) is 0 Å². The summed E-state index contributed by atoms with van der Waals surface area (Å²) < 4.78 is 0. The first-order valence-corrected chi connectivity index (χ1v) is 7.25. The molecule has 2 saturated heterocycles. The fraction of sp³-hybridized carbons (Fsp3) is 0.857. The number of nitrogens with zero attached hydrogens (tertiary/aromatic N) is 2. The molecule has 1 N–H and O–H groups in total. The number of urea groups is 1. The van der Waals surface area contributed by atoms with Crippen molar-refractivity contribution in [2.75, 3.05) is 13.1 Å². The molecule has 4 unspecified atom stereocenters. The molecule has 19 heavy (non-hydrogen) atoms. The largest absolute Gasteiger partial charge is 0.481 e. The van der Waals surface area contributed by atoms with Gasteiger partial charge in [-0.15, -0.1) is 0 Å². The molecular formula is C14H24N2O3. The van der Waals surface area contributed by atoms with Gasteiger partial charge in [0.05, 0.1) is 5.92 Å². The van der Waals surface area contributed by atoms with Gasteiger partial charge in [-0.3, -0.25) is 4.79 Å². The Morgan fingerprint density at radius 3 is 2.42 bits per heavy atom. The minimum absolute atomic E-state index is 0.0347. The molecule has 0 aromatic heterocycles. The van der Waals surface area contributed by atoms with Gasteiger partial charge in [-0.1, -0.05) is 13.8 Å². The quantitative estimate of drug-likeness (QED) is 0.833. The lowest BCUT2D eigenvalue weighted by Crippen LogP contribution is -2.47. The van der Waals surface area contributed by atoms with Gasteiger partial charge < -0.3 is 14.9 Å². The van der Waals surface area contributed by atoms with E-state index < -0.39 is 11.9 Å². The van der Waals surface area contributed by atoms with E-state index in [9.17, 15) is 9.59 Å². The van der Waals surface area contributed by atoms with Crippen LogP contribution in [0, 0.1) is 11.8 Å². The standard InChI is InChI=1S/C14H24N2O3/c1-4-11-6-5-10(3)16(11)14(19)15-7-9(2)12(8-15)13(17)18/h9-12H,4-8H2,1-3H3,(H,17,18). The molecule has 0 aromatic rings. The first-order chi connectivity index (χ1) is 8.95. The van der Waals surface area contributed by atoms with Crippen LogP contribution in [-0.2, 0) is 4.79 Å². The summed E-state index contributed by atoms with van der Waals surface area (Å²) in [6, 6.07) is 0.630. The van der Waals surface area contributed by atoms with Crippen LogP contribution in [0.4, 0.5) is 4.79 Å². The molecule has 0 aliphatic carbocycles. The summed E-state index contributed by atoms with van der Waals surface area (Å²) in [4.78, 5) is 27.4. The second-order valence-corrected chi connectivity index (χ2v) is 6.01. The average Bonchev–Trinajstić information content (AvgIpc) is 2.91. The van der Waals surface area contributed by atoms with Gasteiger partial charge in [0, 0.05) is 25.2 Å². The van der Waals surface area contributed by atoms with Crippen LogP contribution >= 0.6 is 0 Å². The van der Waals surface area contributed by atoms with E-state index >= 15 is 0 Å². The van der Waals surface area contributed by atoms with Crippen LogP contribution in [0.3, 0.4) is 0 Å². The molecule has 0 aromatic carbocycles. The minimum Gasteiger partial charge on any atom is -0.481 e. The maximum atomic E-state index is 12.6. The fourth-order valence-corrected chi connectivity index (χ4v) is 3.42. The number of hydrogen-bond donors (Lipinski definition) is 1. The van der Waals surface area contributed by atoms with Crippen molar-refractivity contribution >= 4 is 12.0 Å². The van der Waals surface area contributed by atoms with Gasteiger partial charge >= 0.3 is 12.0 Å². The first-order valence-electron chi connectivity index (χ1n) is 7.25. The molecule has 0 radical (unpaired) electrons. The van der Waals surface area contributed by atoms with E-state index in [1.807, 2.05) is 11.8 Å². The van der Waals surface area contributed by atoms with Crippen LogP contribution in [0.25, 0.3) is 0 Å². The normalized spacial score (nSPS) is 34.9. The Morgan fingerprint density at radius 2 is 1.89 bits per heavy atom. The second-order valence-electron chi connectivity index (χ2n) is 6.01. The van der Waals surface area contributed by atoms with E-state index in [4.69, 9.17) is 5.11 Å². The van der Waals surface area contributed by atoms with Crippen molar-refractivity contribution in [3.05, 3.63) is 0 Å². The van der Waals surface area contributed by atoms with Crippen LogP contribution < -0.4 is 0 Å². The molecule has 5 nitrogen and oxygen atoms in total. The summed E-state index contributed by atoms with van der Waals surface area (Å²) in [6.45, 7) is 7.03. The third kappa shape index (κ3) is 2.55. The molecule has 2 aliphatic rings. The minimum atomic E-state index is -0.788. The van der Waals surface area contributed by atoms with Crippen LogP contribution in [0.1, 0.15) is 40.0 Å². The number of carboxylic acids is 1. The van der Waals surface area contributed by atoms with Gasteiger partial charge in [0.15, 0.2) is 0 Å². The van der Waals surface area contributed by atoms with Gasteiger partial charge in [0.25, 0.3) is 0 Å². The Morgan fingerprint density at radius 1 is 1.21 bits per heavy atom. The molecule has 4 atom stereocenters. The smallest absolute Gasteiger partial charge is 0.320 e. The Bertz CT molecular complexity index is 372. The van der Waals surface area contributed by atoms with Crippen molar-refractivity contribution in [1.29, 1.82) is 0 Å². The number of likely N-dealkylation sites (tertiary alicyclic amines) is 2. The van der Waals surface area contributed by atoms with Gasteiger partial charge in [-0.2, -0.15) is 0 Å². The van der Waals surface area contributed by atoms with Gasteiger partial charge in [0.2, 0.25) is 0 Å². The van der Waals surface area contributed by atoms with E-state index in [1.54, 1.807) is 4.90 Å². The van der Waals surface area contributed by atoms with Gasteiger partial charge in [-0.05, 0) is 32.1 Å². The van der Waals surface area contributed by atoms with E-state index in [1.165, 1.54) is 0 Å². The van der Waals surface area contributed by atoms with Crippen molar-refractivity contribution < 1.29 is 14.7 Å². The highest BCUT2D eigenvalue weighted by atomic mass is 16.4. The van der Waals surface area contributed by atoms with Gasteiger partial charge in [0.1, 0.15) is 0 Å². The third-order valence-electron chi connectivity index (χ3n) is 4.68. The third-order valence-corrected chi connectivity index (χ3v) is 4.68. The van der Waals surface area contributed by atoms with Crippen LogP contribution in [0.15, 0.2) is 0 Å². The number of amides is 2. The molecule has 0 bridgehead atoms. The predicted molar refractivity (Wildman–Crippen MR) is 71.9 cm³/mol. The SMILES string of the molecule is CCC1CCC(C)N1C(=O)N1CC(C)C(C(=O)O)C1. The Balaban J connectivity index is 2.06. The average molecular weight is 268 g/mol. The summed E-state index contributed by atoms with van der Waals surface area (Å²) >= 11 is 0. The lowest BCUT2D eigenvalue weighted by molar-refractivity contribution is -0.142. The second kappa shape index (κ2) is 5.39. The number of carbonyl (C=O) groups is 2. The Hall–Kier alpha value is -1.26. The summed E-state index contributed by atoms with van der Waals surface area (Å²) in [5, 5.41) is 9.15. The van der Waals surface area contributed by atoms with Crippen molar-refractivity contribution in [3.63, 3.8) is 0 Å². The zero-order chi connectivity index (χ0) is 14.2. The fourth-order valence-electron chi connectivity index (χ4n) is 3.42. The van der Waals surface area contributed by atoms with E-state index in [0.29, 0.717) is 19.1 Å². The van der Waals surface area contributed by atoms with Crippen molar-refractivity contribution in [2.45, 2.75) is 52.1 Å². The molecule has 108 valence electrons. The number of carbonyl (C=O) groups excluding carboxylic acids is 1. The number of carboxylic acid groups (broad SMARTS) is 1. The summed E-state index contributed by atoms with van der Waals surface area (Å²) in [6.07, 6.45) is 3.09. The van der Waals surface area contributed by atoms with Crippen LogP contribution in [0.5, 0.6) is 0 Å². The lowest BCUT2D eigenvalue weighted by Gasteiger charge is -2.32. The Labute approximate surface area is 114 Å². The summed E-state index contributed by atoms with van der Waals surface area (Å²) in [5.74, 6) is -1.16. The molecule has 2 fully saturated rings. The Kier molecular flexibility index (Phi) is 4.02. The number of aliphatic carboxylic acids is 1. The molecule has 2 heterocycles. The molecule has 5 heteroatoms. The lowest BCUT2D eigenvalue weighted by atomic mass is 9.99. The summed E-state index contributed by atoms with van der Waals surface area (Å²) in [5.41, 5.74) is 0. The highest BCUT2D eigenvalue weighted by molar-refractivity contribution is 5.78. The zero-order valence-corrected chi connectivity index (χ0v) is 12.0. The molecular weight excluding hydrogens is 244 g/mol. The van der Waals surface area contributed by atoms with Crippen molar-refractivity contribution in [2.24, 2.45) is 11.8 Å².